The number of halogens is 3. The molecular formula is C21H14F3N3O. The first-order chi connectivity index (χ1) is 13.4. The number of nitrogens with one attached hydrogen (secondary N) is 1. The molecule has 1 N–H and O–H groups in total. The van der Waals surface area contributed by atoms with E-state index in [4.69, 9.17) is 0 Å². The zero-order valence-electron chi connectivity index (χ0n) is 14.4. The van der Waals surface area contributed by atoms with Gasteiger partial charge in [-0.15, -0.1) is 0 Å². The Labute approximate surface area is 158 Å². The summed E-state index contributed by atoms with van der Waals surface area (Å²) in [6.07, 6.45) is -2.80. The van der Waals surface area contributed by atoms with Crippen LogP contribution in [0.25, 0.3) is 16.9 Å². The standard InChI is InChI=1S/C21H14F3N3O/c22-21(23,24)15-9-6-10-16(13-15)25-20(28)19-18(14-7-2-1-3-8-14)26-17-11-4-5-12-27(17)19/h1-13H,(H,25,28). The third kappa shape index (κ3) is 3.34. The second-order valence-electron chi connectivity index (χ2n) is 6.14. The highest BCUT2D eigenvalue weighted by atomic mass is 19.4. The van der Waals surface area contributed by atoms with E-state index in [9.17, 15) is 18.0 Å². The number of amides is 1. The molecule has 0 aliphatic rings. The molecule has 2 aromatic carbocycles. The van der Waals surface area contributed by atoms with Crippen molar-refractivity contribution >= 4 is 17.2 Å². The summed E-state index contributed by atoms with van der Waals surface area (Å²) in [6, 6.07) is 19.0. The second kappa shape index (κ2) is 6.84. The molecule has 7 heteroatoms. The van der Waals surface area contributed by atoms with Gasteiger partial charge in [0.1, 0.15) is 17.0 Å². The number of hydrogen-bond acceptors (Lipinski definition) is 2. The topological polar surface area (TPSA) is 46.4 Å². The van der Waals surface area contributed by atoms with Crippen molar-refractivity contribution in [2.75, 3.05) is 5.32 Å². The van der Waals surface area contributed by atoms with Crippen molar-refractivity contribution in [3.05, 3.63) is 90.3 Å². The minimum Gasteiger partial charge on any atom is -0.321 e. The molecule has 4 nitrogen and oxygen atoms in total. The molecule has 4 aromatic rings. The van der Waals surface area contributed by atoms with Gasteiger partial charge in [-0.05, 0) is 30.3 Å². The van der Waals surface area contributed by atoms with Crippen LogP contribution in [-0.2, 0) is 6.18 Å². The van der Waals surface area contributed by atoms with E-state index in [1.54, 1.807) is 28.8 Å². The van der Waals surface area contributed by atoms with Crippen LogP contribution in [-0.4, -0.2) is 15.3 Å². The third-order valence-corrected chi connectivity index (χ3v) is 4.24. The number of imidazole rings is 1. The molecule has 0 unspecified atom stereocenters. The summed E-state index contributed by atoms with van der Waals surface area (Å²) in [6.45, 7) is 0. The zero-order chi connectivity index (χ0) is 19.7. The number of nitrogens with zero attached hydrogens (tertiary/aromatic N) is 2. The van der Waals surface area contributed by atoms with E-state index in [0.717, 1.165) is 17.7 Å². The number of pyridine rings is 1. The molecular weight excluding hydrogens is 367 g/mol. The molecule has 0 spiro atoms. The highest BCUT2D eigenvalue weighted by Gasteiger charge is 2.30. The van der Waals surface area contributed by atoms with Gasteiger partial charge in [-0.25, -0.2) is 4.98 Å². The summed E-state index contributed by atoms with van der Waals surface area (Å²) in [4.78, 5) is 17.5. The van der Waals surface area contributed by atoms with Gasteiger partial charge in [0, 0.05) is 17.4 Å². The van der Waals surface area contributed by atoms with Crippen molar-refractivity contribution in [2.24, 2.45) is 0 Å². The molecule has 0 fully saturated rings. The van der Waals surface area contributed by atoms with Gasteiger partial charge in [0.05, 0.1) is 5.56 Å². The fourth-order valence-corrected chi connectivity index (χ4v) is 2.97. The summed E-state index contributed by atoms with van der Waals surface area (Å²) < 4.78 is 40.5. The predicted octanol–water partition coefficient (Wildman–Crippen LogP) is 5.27. The summed E-state index contributed by atoms with van der Waals surface area (Å²) in [7, 11) is 0. The average Bonchev–Trinajstić information content (AvgIpc) is 3.08. The molecule has 0 saturated heterocycles. The van der Waals surface area contributed by atoms with Gasteiger partial charge in [-0.2, -0.15) is 13.2 Å². The van der Waals surface area contributed by atoms with Gasteiger partial charge in [0.15, 0.2) is 0 Å². The van der Waals surface area contributed by atoms with Crippen LogP contribution in [0.4, 0.5) is 18.9 Å². The monoisotopic (exact) mass is 381 g/mol. The van der Waals surface area contributed by atoms with E-state index >= 15 is 0 Å². The lowest BCUT2D eigenvalue weighted by Gasteiger charge is -2.10. The molecule has 2 heterocycles. The number of fused-ring (bicyclic) bond motifs is 1. The Morgan fingerprint density at radius 1 is 0.929 bits per heavy atom. The first-order valence-electron chi connectivity index (χ1n) is 8.44. The molecule has 0 atom stereocenters. The number of hydrogen-bond donors (Lipinski definition) is 1. The predicted molar refractivity (Wildman–Crippen MR) is 100 cm³/mol. The number of anilines is 1. The second-order valence-corrected chi connectivity index (χ2v) is 6.14. The van der Waals surface area contributed by atoms with E-state index in [-0.39, 0.29) is 11.4 Å². The molecule has 0 radical (unpaired) electrons. The molecule has 140 valence electrons. The van der Waals surface area contributed by atoms with Crippen LogP contribution >= 0.6 is 0 Å². The summed E-state index contributed by atoms with van der Waals surface area (Å²) in [5.41, 5.74) is 1.24. The Kier molecular flexibility index (Phi) is 4.35. The lowest BCUT2D eigenvalue weighted by Crippen LogP contribution is -2.16. The quantitative estimate of drug-likeness (QED) is 0.525. The van der Waals surface area contributed by atoms with Gasteiger partial charge in [0.25, 0.3) is 5.91 Å². The summed E-state index contributed by atoms with van der Waals surface area (Å²) in [5, 5.41) is 2.56. The number of alkyl halides is 3. The zero-order valence-corrected chi connectivity index (χ0v) is 14.4. The number of benzene rings is 2. The van der Waals surface area contributed by atoms with Gasteiger partial charge in [-0.1, -0.05) is 42.5 Å². The van der Waals surface area contributed by atoms with Gasteiger partial charge >= 0.3 is 6.18 Å². The summed E-state index contributed by atoms with van der Waals surface area (Å²) in [5.74, 6) is -0.545. The minimum atomic E-state index is -4.49. The molecule has 4 rings (SSSR count). The van der Waals surface area contributed by atoms with Crippen molar-refractivity contribution in [3.63, 3.8) is 0 Å². The number of carbonyl (C=O) groups excluding carboxylic acids is 1. The van der Waals surface area contributed by atoms with Crippen LogP contribution < -0.4 is 5.32 Å². The Morgan fingerprint density at radius 3 is 2.43 bits per heavy atom. The Morgan fingerprint density at radius 2 is 1.68 bits per heavy atom. The number of aromatic nitrogens is 2. The first-order valence-corrected chi connectivity index (χ1v) is 8.44. The number of rotatable bonds is 3. The Balaban J connectivity index is 1.78. The van der Waals surface area contributed by atoms with Crippen molar-refractivity contribution in [1.82, 2.24) is 9.38 Å². The van der Waals surface area contributed by atoms with Crippen molar-refractivity contribution in [2.45, 2.75) is 6.18 Å². The SMILES string of the molecule is O=C(Nc1cccc(C(F)(F)F)c1)c1c(-c2ccccc2)nc2ccccn12. The van der Waals surface area contributed by atoms with Crippen molar-refractivity contribution in [3.8, 4) is 11.3 Å². The van der Waals surface area contributed by atoms with Crippen LogP contribution in [0.15, 0.2) is 79.0 Å². The van der Waals surface area contributed by atoms with E-state index in [2.05, 4.69) is 10.3 Å². The average molecular weight is 381 g/mol. The van der Waals surface area contributed by atoms with E-state index < -0.39 is 17.6 Å². The maximum atomic E-state index is 13.0. The Hall–Kier alpha value is -3.61. The highest BCUT2D eigenvalue weighted by molar-refractivity contribution is 6.07. The van der Waals surface area contributed by atoms with Crippen LogP contribution in [0.5, 0.6) is 0 Å². The normalized spacial score (nSPS) is 11.5. The van der Waals surface area contributed by atoms with Crippen LogP contribution in [0.2, 0.25) is 0 Å². The van der Waals surface area contributed by atoms with Crippen LogP contribution in [0.3, 0.4) is 0 Å². The molecule has 1 amide bonds. The lowest BCUT2D eigenvalue weighted by atomic mass is 10.1. The van der Waals surface area contributed by atoms with E-state index in [1.807, 2.05) is 30.3 Å². The molecule has 28 heavy (non-hydrogen) atoms. The maximum absolute atomic E-state index is 13.0. The van der Waals surface area contributed by atoms with E-state index in [0.29, 0.717) is 11.3 Å². The Bertz CT molecular complexity index is 1150. The fourth-order valence-electron chi connectivity index (χ4n) is 2.97. The van der Waals surface area contributed by atoms with Gasteiger partial charge in [0.2, 0.25) is 0 Å². The van der Waals surface area contributed by atoms with E-state index in [1.165, 1.54) is 12.1 Å². The van der Waals surface area contributed by atoms with Crippen LogP contribution in [0.1, 0.15) is 16.1 Å². The lowest BCUT2D eigenvalue weighted by molar-refractivity contribution is -0.137. The molecule has 0 aliphatic carbocycles. The first kappa shape index (κ1) is 17.8. The fraction of sp³-hybridized carbons (Fsp3) is 0.0476. The molecule has 0 aliphatic heterocycles. The third-order valence-electron chi connectivity index (χ3n) is 4.24. The molecule has 0 bridgehead atoms. The maximum Gasteiger partial charge on any atom is 0.416 e. The van der Waals surface area contributed by atoms with Crippen molar-refractivity contribution in [1.29, 1.82) is 0 Å². The van der Waals surface area contributed by atoms with Crippen molar-refractivity contribution < 1.29 is 18.0 Å². The minimum absolute atomic E-state index is 0.0599. The largest absolute Gasteiger partial charge is 0.416 e. The molecule has 2 aromatic heterocycles. The smallest absolute Gasteiger partial charge is 0.321 e. The van der Waals surface area contributed by atoms with Gasteiger partial charge < -0.3 is 5.32 Å². The highest BCUT2D eigenvalue weighted by Crippen LogP contribution is 2.31. The van der Waals surface area contributed by atoms with Gasteiger partial charge in [-0.3, -0.25) is 9.20 Å². The summed E-state index contributed by atoms with van der Waals surface area (Å²) >= 11 is 0. The molecule has 0 saturated carbocycles. The van der Waals surface area contributed by atoms with Crippen LogP contribution in [0, 0.1) is 0 Å². The number of carbonyl (C=O) groups is 1.